The molecule has 5 nitrogen and oxygen atoms in total. The molecule has 0 spiro atoms. The normalized spacial score (nSPS) is 14.2. The van der Waals surface area contributed by atoms with Crippen molar-refractivity contribution in [3.8, 4) is 11.5 Å². The highest BCUT2D eigenvalue weighted by atomic mass is 35.5. The lowest BCUT2D eigenvalue weighted by Crippen LogP contribution is -2.49. The van der Waals surface area contributed by atoms with Crippen molar-refractivity contribution in [2.75, 3.05) is 45.3 Å². The summed E-state index contributed by atoms with van der Waals surface area (Å²) in [6.07, 6.45) is 0.302. The number of nitrogens with zero attached hydrogens (tertiary/aromatic N) is 2. The molecular formula is C21H25ClN2O3. The molecule has 1 heterocycles. The third-order valence-corrected chi connectivity index (χ3v) is 5.21. The minimum Gasteiger partial charge on any atom is -0.497 e. The molecule has 0 N–H and O–H groups in total. The van der Waals surface area contributed by atoms with Crippen LogP contribution in [0.1, 0.15) is 11.1 Å². The summed E-state index contributed by atoms with van der Waals surface area (Å²) < 4.78 is 10.7. The van der Waals surface area contributed by atoms with Crippen molar-refractivity contribution in [2.24, 2.45) is 0 Å². The number of hydrogen-bond acceptors (Lipinski definition) is 4. The zero-order valence-corrected chi connectivity index (χ0v) is 16.8. The Morgan fingerprint density at radius 1 is 1.04 bits per heavy atom. The number of halogens is 1. The highest BCUT2D eigenvalue weighted by Crippen LogP contribution is 2.27. The molecule has 2 aromatic rings. The van der Waals surface area contributed by atoms with E-state index in [9.17, 15) is 4.79 Å². The predicted molar refractivity (Wildman–Crippen MR) is 108 cm³/mol. The van der Waals surface area contributed by atoms with Crippen molar-refractivity contribution in [3.05, 3.63) is 52.5 Å². The van der Waals surface area contributed by atoms with Crippen LogP contribution in [0.25, 0.3) is 0 Å². The molecule has 27 heavy (non-hydrogen) atoms. The molecular weight excluding hydrogens is 364 g/mol. The number of piperazine rings is 1. The molecule has 0 atom stereocenters. The molecule has 0 radical (unpaired) electrons. The van der Waals surface area contributed by atoms with Gasteiger partial charge in [0.05, 0.1) is 20.6 Å². The van der Waals surface area contributed by atoms with Gasteiger partial charge in [-0.2, -0.15) is 0 Å². The van der Waals surface area contributed by atoms with E-state index in [4.69, 9.17) is 21.1 Å². The molecule has 0 saturated carbocycles. The third kappa shape index (κ3) is 4.48. The summed E-state index contributed by atoms with van der Waals surface area (Å²) in [7, 11) is 3.23. The summed E-state index contributed by atoms with van der Waals surface area (Å²) >= 11 is 6.15. The standard InChI is InChI=1S/C21H25ClN2O3/c1-15-4-5-17(22)14-19(15)23-8-10-24(11-9-23)21(25)13-16-12-18(26-2)6-7-20(16)27-3/h4-7,12,14H,8-11,13H2,1-3H3. The molecule has 1 aliphatic rings. The van der Waals surface area contributed by atoms with Gasteiger partial charge in [0.2, 0.25) is 5.91 Å². The van der Waals surface area contributed by atoms with Crippen molar-refractivity contribution in [3.63, 3.8) is 0 Å². The van der Waals surface area contributed by atoms with Crippen LogP contribution in [0, 0.1) is 6.92 Å². The molecule has 3 rings (SSSR count). The fourth-order valence-electron chi connectivity index (χ4n) is 3.41. The largest absolute Gasteiger partial charge is 0.497 e. The van der Waals surface area contributed by atoms with Crippen LogP contribution in [0.4, 0.5) is 5.69 Å². The Kier molecular flexibility index (Phi) is 6.11. The lowest BCUT2D eigenvalue weighted by Gasteiger charge is -2.37. The van der Waals surface area contributed by atoms with E-state index >= 15 is 0 Å². The van der Waals surface area contributed by atoms with Gasteiger partial charge in [0.1, 0.15) is 11.5 Å². The van der Waals surface area contributed by atoms with E-state index in [0.29, 0.717) is 25.3 Å². The first-order chi connectivity index (χ1) is 13.0. The lowest BCUT2D eigenvalue weighted by molar-refractivity contribution is -0.130. The van der Waals surface area contributed by atoms with E-state index in [-0.39, 0.29) is 5.91 Å². The van der Waals surface area contributed by atoms with Crippen molar-refractivity contribution in [1.29, 1.82) is 0 Å². The highest BCUT2D eigenvalue weighted by Gasteiger charge is 2.23. The van der Waals surface area contributed by atoms with E-state index < -0.39 is 0 Å². The first-order valence-corrected chi connectivity index (χ1v) is 9.39. The smallest absolute Gasteiger partial charge is 0.227 e. The van der Waals surface area contributed by atoms with Crippen molar-refractivity contribution in [1.82, 2.24) is 4.90 Å². The Balaban J connectivity index is 1.64. The minimum atomic E-state index is 0.101. The number of benzene rings is 2. The second-order valence-electron chi connectivity index (χ2n) is 6.65. The fourth-order valence-corrected chi connectivity index (χ4v) is 3.58. The molecule has 0 unspecified atom stereocenters. The van der Waals surface area contributed by atoms with E-state index in [1.165, 1.54) is 5.56 Å². The number of carbonyl (C=O) groups is 1. The van der Waals surface area contributed by atoms with Gasteiger partial charge in [0.25, 0.3) is 0 Å². The molecule has 0 aliphatic carbocycles. The van der Waals surface area contributed by atoms with Gasteiger partial charge in [-0.05, 0) is 42.8 Å². The summed E-state index contributed by atoms with van der Waals surface area (Å²) in [5.74, 6) is 1.53. The van der Waals surface area contributed by atoms with Gasteiger partial charge >= 0.3 is 0 Å². The Hall–Kier alpha value is -2.40. The van der Waals surface area contributed by atoms with Crippen LogP contribution in [-0.2, 0) is 11.2 Å². The number of amides is 1. The summed E-state index contributed by atoms with van der Waals surface area (Å²) in [4.78, 5) is 17.0. The summed E-state index contributed by atoms with van der Waals surface area (Å²) in [5.41, 5.74) is 3.18. The SMILES string of the molecule is COc1ccc(OC)c(CC(=O)N2CCN(c3cc(Cl)ccc3C)CC2)c1. The number of carbonyl (C=O) groups excluding carboxylic acids is 1. The molecule has 0 aromatic heterocycles. The van der Waals surface area contributed by atoms with E-state index in [1.807, 2.05) is 41.3 Å². The van der Waals surface area contributed by atoms with Crippen molar-refractivity contribution >= 4 is 23.2 Å². The Morgan fingerprint density at radius 2 is 1.78 bits per heavy atom. The Bertz CT molecular complexity index is 817. The van der Waals surface area contributed by atoms with Crippen LogP contribution in [0.3, 0.4) is 0 Å². The summed E-state index contributed by atoms with van der Waals surface area (Å²) in [6, 6.07) is 11.5. The predicted octanol–water partition coefficient (Wildman–Crippen LogP) is 3.56. The number of aryl methyl sites for hydroxylation is 1. The van der Waals surface area contributed by atoms with Gasteiger partial charge in [0, 0.05) is 42.5 Å². The number of ether oxygens (including phenoxy) is 2. The molecule has 1 saturated heterocycles. The van der Waals surface area contributed by atoms with Gasteiger partial charge < -0.3 is 19.3 Å². The summed E-state index contributed by atoms with van der Waals surface area (Å²) in [5, 5.41) is 0.735. The topological polar surface area (TPSA) is 42.0 Å². The van der Waals surface area contributed by atoms with E-state index in [2.05, 4.69) is 11.8 Å². The Labute approximate surface area is 165 Å². The molecule has 1 aliphatic heterocycles. The van der Waals surface area contributed by atoms with E-state index in [1.54, 1.807) is 14.2 Å². The second kappa shape index (κ2) is 8.53. The first-order valence-electron chi connectivity index (χ1n) is 9.01. The number of hydrogen-bond donors (Lipinski definition) is 0. The molecule has 144 valence electrons. The van der Waals surface area contributed by atoms with Crippen LogP contribution in [-0.4, -0.2) is 51.2 Å². The van der Waals surface area contributed by atoms with Gasteiger partial charge in [-0.15, -0.1) is 0 Å². The third-order valence-electron chi connectivity index (χ3n) is 4.97. The second-order valence-corrected chi connectivity index (χ2v) is 7.09. The summed E-state index contributed by atoms with van der Waals surface area (Å²) in [6.45, 7) is 5.05. The Morgan fingerprint density at radius 3 is 2.44 bits per heavy atom. The van der Waals surface area contributed by atoms with Crippen molar-refractivity contribution < 1.29 is 14.3 Å². The van der Waals surface area contributed by atoms with Crippen LogP contribution in [0.2, 0.25) is 5.02 Å². The minimum absolute atomic E-state index is 0.101. The van der Waals surface area contributed by atoms with E-state index in [0.717, 1.165) is 35.1 Å². The van der Waals surface area contributed by atoms with Crippen LogP contribution >= 0.6 is 11.6 Å². The van der Waals surface area contributed by atoms with Crippen molar-refractivity contribution in [2.45, 2.75) is 13.3 Å². The average Bonchev–Trinajstić information content (AvgIpc) is 2.69. The zero-order valence-electron chi connectivity index (χ0n) is 16.0. The molecule has 1 amide bonds. The van der Waals surface area contributed by atoms with Gasteiger partial charge in [-0.3, -0.25) is 4.79 Å². The highest BCUT2D eigenvalue weighted by molar-refractivity contribution is 6.30. The quantitative estimate of drug-likeness (QED) is 0.785. The van der Waals surface area contributed by atoms with Crippen LogP contribution in [0.15, 0.2) is 36.4 Å². The average molecular weight is 389 g/mol. The molecule has 0 bridgehead atoms. The van der Waals surface area contributed by atoms with Crippen LogP contribution < -0.4 is 14.4 Å². The maximum atomic E-state index is 12.8. The zero-order chi connectivity index (χ0) is 19.4. The number of methoxy groups -OCH3 is 2. The number of rotatable bonds is 5. The monoisotopic (exact) mass is 388 g/mol. The van der Waals surface area contributed by atoms with Crippen LogP contribution in [0.5, 0.6) is 11.5 Å². The first kappa shape index (κ1) is 19.4. The molecule has 2 aromatic carbocycles. The maximum absolute atomic E-state index is 12.8. The fraction of sp³-hybridized carbons (Fsp3) is 0.381. The van der Waals surface area contributed by atoms with Gasteiger partial charge in [0.15, 0.2) is 0 Å². The maximum Gasteiger partial charge on any atom is 0.227 e. The molecule has 1 fully saturated rings. The van der Waals surface area contributed by atoms with Gasteiger partial charge in [-0.1, -0.05) is 17.7 Å². The van der Waals surface area contributed by atoms with Gasteiger partial charge in [-0.25, -0.2) is 0 Å². The number of anilines is 1. The molecule has 6 heteroatoms. The lowest BCUT2D eigenvalue weighted by atomic mass is 10.1.